The Labute approximate surface area is 82.0 Å². The molecule has 1 rings (SSSR count). The third kappa shape index (κ3) is 9.03. The van der Waals surface area contributed by atoms with Crippen molar-refractivity contribution in [3.05, 3.63) is 29.6 Å². The molecule has 0 aliphatic rings. The predicted molar refractivity (Wildman–Crippen MR) is 50.1 cm³/mol. The van der Waals surface area contributed by atoms with E-state index in [1.54, 1.807) is 0 Å². The van der Waals surface area contributed by atoms with Crippen molar-refractivity contribution < 1.29 is 13.2 Å². The van der Waals surface area contributed by atoms with E-state index in [-0.39, 0.29) is 6.92 Å². The van der Waals surface area contributed by atoms with Crippen LogP contribution in [0.5, 0.6) is 0 Å². The van der Waals surface area contributed by atoms with Gasteiger partial charge >= 0.3 is 6.18 Å². The normalized spacial score (nSPS) is 10.4. The monoisotopic (exact) mass is 205 g/mol. The molecule has 0 saturated heterocycles. The van der Waals surface area contributed by atoms with Gasteiger partial charge < -0.3 is 0 Å². The van der Waals surface area contributed by atoms with Crippen LogP contribution in [0.25, 0.3) is 0 Å². The molecule has 0 radical (unpaired) electrons. The number of aromatic nitrogens is 1. The second-order valence-corrected chi connectivity index (χ2v) is 2.94. The van der Waals surface area contributed by atoms with Crippen molar-refractivity contribution >= 4 is 0 Å². The van der Waals surface area contributed by atoms with Crippen molar-refractivity contribution in [3.63, 3.8) is 0 Å². The zero-order valence-corrected chi connectivity index (χ0v) is 8.52. The molecule has 0 aliphatic heterocycles. The molecule has 0 unspecified atom stereocenters. The molecule has 0 N–H and O–H groups in total. The molecule has 0 fully saturated rings. The summed E-state index contributed by atoms with van der Waals surface area (Å²) in [7, 11) is 0. The molecular formula is C10H14F3N. The zero-order valence-electron chi connectivity index (χ0n) is 8.52. The Morgan fingerprint density at radius 3 is 2.07 bits per heavy atom. The molecule has 0 amide bonds. The molecule has 80 valence electrons. The van der Waals surface area contributed by atoms with Gasteiger partial charge in [-0.05, 0) is 25.0 Å². The number of hydrogen-bond donors (Lipinski definition) is 0. The average molecular weight is 205 g/mol. The summed E-state index contributed by atoms with van der Waals surface area (Å²) in [6.07, 6.45) is -0.997. The van der Waals surface area contributed by atoms with Gasteiger partial charge in [0.2, 0.25) is 0 Å². The molecule has 0 atom stereocenters. The molecular weight excluding hydrogens is 191 g/mol. The van der Waals surface area contributed by atoms with Crippen molar-refractivity contribution in [1.29, 1.82) is 0 Å². The summed E-state index contributed by atoms with van der Waals surface area (Å²) in [5, 5.41) is 0. The maximum absolute atomic E-state index is 10.4. The van der Waals surface area contributed by atoms with Gasteiger partial charge in [-0.2, -0.15) is 13.2 Å². The second kappa shape index (κ2) is 5.62. The minimum atomic E-state index is -4.00. The molecule has 4 heteroatoms. The van der Waals surface area contributed by atoms with Crippen molar-refractivity contribution in [2.24, 2.45) is 0 Å². The van der Waals surface area contributed by atoms with E-state index >= 15 is 0 Å². The Bertz CT molecular complexity index is 245. The fraction of sp³-hybridized carbons (Fsp3) is 0.500. The van der Waals surface area contributed by atoms with Crippen LogP contribution in [0.15, 0.2) is 18.3 Å². The Kier molecular flexibility index (Phi) is 5.20. The molecule has 0 spiro atoms. The summed E-state index contributed by atoms with van der Waals surface area (Å²) in [4.78, 5) is 4.15. The van der Waals surface area contributed by atoms with Crippen LogP contribution in [0.2, 0.25) is 0 Å². The van der Waals surface area contributed by atoms with Crippen LogP contribution in [0.4, 0.5) is 13.2 Å². The largest absolute Gasteiger partial charge is 0.386 e. The number of aryl methyl sites for hydroxylation is 2. The first-order valence-corrected chi connectivity index (χ1v) is 4.31. The van der Waals surface area contributed by atoms with Gasteiger partial charge in [0.15, 0.2) is 0 Å². The Morgan fingerprint density at radius 2 is 1.79 bits per heavy atom. The molecule has 1 nitrogen and oxygen atoms in total. The van der Waals surface area contributed by atoms with Crippen LogP contribution in [0, 0.1) is 6.92 Å². The van der Waals surface area contributed by atoms with Gasteiger partial charge in [0, 0.05) is 18.8 Å². The van der Waals surface area contributed by atoms with Crippen LogP contribution >= 0.6 is 0 Å². The Morgan fingerprint density at radius 1 is 1.29 bits per heavy atom. The van der Waals surface area contributed by atoms with Crippen LogP contribution < -0.4 is 0 Å². The SMILES string of the molecule is CC(F)(F)F.CCc1ccc(C)nc1. The fourth-order valence-electron chi connectivity index (χ4n) is 0.708. The highest BCUT2D eigenvalue weighted by atomic mass is 19.4. The molecule has 14 heavy (non-hydrogen) atoms. The molecule has 0 aromatic carbocycles. The molecule has 0 saturated carbocycles. The van der Waals surface area contributed by atoms with Gasteiger partial charge in [0.05, 0.1) is 0 Å². The number of pyridine rings is 1. The summed E-state index contributed by atoms with van der Waals surface area (Å²) in [6, 6.07) is 4.15. The summed E-state index contributed by atoms with van der Waals surface area (Å²) < 4.78 is 31.1. The maximum Gasteiger partial charge on any atom is 0.386 e. The molecule has 1 heterocycles. The van der Waals surface area contributed by atoms with Crippen LogP contribution in [0.1, 0.15) is 25.1 Å². The maximum atomic E-state index is 10.4. The van der Waals surface area contributed by atoms with Gasteiger partial charge in [0.25, 0.3) is 0 Å². The first kappa shape index (κ1) is 12.9. The number of alkyl halides is 3. The van der Waals surface area contributed by atoms with Gasteiger partial charge in [-0.3, -0.25) is 4.98 Å². The average Bonchev–Trinajstić information content (AvgIpc) is 2.03. The third-order valence-electron chi connectivity index (χ3n) is 1.38. The molecule has 1 aromatic rings. The van der Waals surface area contributed by atoms with E-state index in [4.69, 9.17) is 0 Å². The number of nitrogens with zero attached hydrogens (tertiary/aromatic N) is 1. The summed E-state index contributed by atoms with van der Waals surface area (Å²) in [6.45, 7) is 4.32. The lowest BCUT2D eigenvalue weighted by molar-refractivity contribution is -0.110. The summed E-state index contributed by atoms with van der Waals surface area (Å²) in [5.74, 6) is 0. The van der Waals surface area contributed by atoms with E-state index in [0.717, 1.165) is 12.1 Å². The highest BCUT2D eigenvalue weighted by molar-refractivity contribution is 5.12. The van der Waals surface area contributed by atoms with Crippen molar-refractivity contribution in [2.75, 3.05) is 0 Å². The number of rotatable bonds is 1. The van der Waals surface area contributed by atoms with Gasteiger partial charge in [0.1, 0.15) is 0 Å². The van der Waals surface area contributed by atoms with E-state index < -0.39 is 6.18 Å². The first-order chi connectivity index (χ1) is 6.33. The van der Waals surface area contributed by atoms with E-state index in [2.05, 4.69) is 18.0 Å². The lowest BCUT2D eigenvalue weighted by Gasteiger charge is -1.93. The van der Waals surface area contributed by atoms with Crippen LogP contribution in [-0.4, -0.2) is 11.2 Å². The topological polar surface area (TPSA) is 12.9 Å². The number of hydrogen-bond acceptors (Lipinski definition) is 1. The molecule has 0 bridgehead atoms. The van der Waals surface area contributed by atoms with Crippen molar-refractivity contribution in [2.45, 2.75) is 33.4 Å². The lowest BCUT2D eigenvalue weighted by Crippen LogP contribution is -1.95. The van der Waals surface area contributed by atoms with Gasteiger partial charge in [-0.15, -0.1) is 0 Å². The van der Waals surface area contributed by atoms with Gasteiger partial charge in [-0.25, -0.2) is 0 Å². The minimum absolute atomic E-state index is 0.188. The highest BCUT2D eigenvalue weighted by Crippen LogP contribution is 2.10. The smallest absolute Gasteiger partial charge is 0.261 e. The Hall–Kier alpha value is -1.06. The Balaban J connectivity index is 0.000000292. The van der Waals surface area contributed by atoms with E-state index in [1.807, 2.05) is 19.2 Å². The second-order valence-electron chi connectivity index (χ2n) is 2.94. The summed E-state index contributed by atoms with van der Waals surface area (Å²) in [5.41, 5.74) is 2.40. The standard InChI is InChI=1S/C8H11N.C2H3F3/c1-3-8-5-4-7(2)9-6-8;1-2(3,4)5/h4-6H,3H2,1-2H3;1H3. The lowest BCUT2D eigenvalue weighted by atomic mass is 10.2. The molecule has 0 aliphatic carbocycles. The highest BCUT2D eigenvalue weighted by Gasteiger charge is 2.15. The third-order valence-corrected chi connectivity index (χ3v) is 1.38. The van der Waals surface area contributed by atoms with E-state index in [0.29, 0.717) is 0 Å². The zero-order chi connectivity index (χ0) is 11.2. The molecule has 1 aromatic heterocycles. The quantitative estimate of drug-likeness (QED) is 0.683. The minimum Gasteiger partial charge on any atom is -0.261 e. The van der Waals surface area contributed by atoms with Gasteiger partial charge in [-0.1, -0.05) is 13.0 Å². The number of halogens is 3. The van der Waals surface area contributed by atoms with Crippen LogP contribution in [0.3, 0.4) is 0 Å². The predicted octanol–water partition coefficient (Wildman–Crippen LogP) is 3.52. The first-order valence-electron chi connectivity index (χ1n) is 4.31. The van der Waals surface area contributed by atoms with Crippen LogP contribution in [-0.2, 0) is 6.42 Å². The fourth-order valence-corrected chi connectivity index (χ4v) is 0.708. The summed E-state index contributed by atoms with van der Waals surface area (Å²) >= 11 is 0. The van der Waals surface area contributed by atoms with E-state index in [1.165, 1.54) is 5.56 Å². The van der Waals surface area contributed by atoms with Crippen molar-refractivity contribution in [1.82, 2.24) is 4.98 Å². The van der Waals surface area contributed by atoms with Crippen molar-refractivity contribution in [3.8, 4) is 0 Å². The van der Waals surface area contributed by atoms with E-state index in [9.17, 15) is 13.2 Å².